The van der Waals surface area contributed by atoms with E-state index in [1.165, 1.54) is 39.5 Å². The third kappa shape index (κ3) is 5.86. The molecule has 0 saturated carbocycles. The van der Waals surface area contributed by atoms with Crippen LogP contribution in [0.25, 0.3) is 6.08 Å². The maximum Gasteiger partial charge on any atom is 0.336 e. The number of anilines is 1. The van der Waals surface area contributed by atoms with E-state index < -0.39 is 17.8 Å². The Balaban J connectivity index is 1.68. The first-order valence-electron chi connectivity index (χ1n) is 11.6. The first-order valence-corrected chi connectivity index (χ1v) is 12.7. The molecule has 1 fully saturated rings. The molecule has 4 rings (SSSR count). The average Bonchev–Trinajstić information content (AvgIpc) is 2.91. The molecule has 1 N–H and O–H groups in total. The molecule has 39 heavy (non-hydrogen) atoms. The van der Waals surface area contributed by atoms with Crippen molar-refractivity contribution in [3.05, 3.63) is 80.3 Å². The SMILES string of the molecule is COc1cc(N2C(=O)NC(=O)/C(=C\c3cc(Br)c(OCc4ccc(C)cc4)c(OC)c3)C2=O)c(OC)cc1Cl. The fraction of sp³-hybridized carbons (Fsp3) is 0.179. The topological polar surface area (TPSA) is 103 Å². The zero-order valence-corrected chi connectivity index (χ0v) is 23.8. The number of nitrogens with zero attached hydrogens (tertiary/aromatic N) is 1. The Labute approximate surface area is 238 Å². The Kier molecular flexibility index (Phi) is 8.47. The third-order valence-electron chi connectivity index (χ3n) is 5.86. The summed E-state index contributed by atoms with van der Waals surface area (Å²) < 4.78 is 22.6. The Morgan fingerprint density at radius 2 is 1.59 bits per heavy atom. The van der Waals surface area contributed by atoms with Gasteiger partial charge in [0.15, 0.2) is 11.5 Å². The second-order valence-electron chi connectivity index (χ2n) is 8.42. The number of imide groups is 2. The molecule has 3 aromatic carbocycles. The Morgan fingerprint density at radius 1 is 0.923 bits per heavy atom. The van der Waals surface area contributed by atoms with E-state index in [1.807, 2.05) is 31.2 Å². The number of ether oxygens (including phenoxy) is 4. The second-order valence-corrected chi connectivity index (χ2v) is 9.69. The number of benzene rings is 3. The van der Waals surface area contributed by atoms with Crippen molar-refractivity contribution in [3.8, 4) is 23.0 Å². The van der Waals surface area contributed by atoms with Crippen LogP contribution in [0.2, 0.25) is 5.02 Å². The van der Waals surface area contributed by atoms with Crippen LogP contribution in [0, 0.1) is 6.92 Å². The van der Waals surface area contributed by atoms with Crippen LogP contribution < -0.4 is 29.2 Å². The molecule has 0 spiro atoms. The fourth-order valence-electron chi connectivity index (χ4n) is 3.86. The van der Waals surface area contributed by atoms with Crippen molar-refractivity contribution in [2.75, 3.05) is 26.2 Å². The van der Waals surface area contributed by atoms with Gasteiger partial charge < -0.3 is 18.9 Å². The maximum atomic E-state index is 13.5. The molecule has 0 radical (unpaired) electrons. The second kappa shape index (κ2) is 11.8. The molecule has 0 aliphatic carbocycles. The highest BCUT2D eigenvalue weighted by atomic mass is 79.9. The molecule has 0 unspecified atom stereocenters. The van der Waals surface area contributed by atoms with Crippen molar-refractivity contribution in [3.63, 3.8) is 0 Å². The lowest BCUT2D eigenvalue weighted by Gasteiger charge is -2.28. The number of carbonyl (C=O) groups is 3. The predicted molar refractivity (Wildman–Crippen MR) is 150 cm³/mol. The van der Waals surface area contributed by atoms with E-state index in [-0.39, 0.29) is 27.8 Å². The van der Waals surface area contributed by atoms with Crippen LogP contribution in [-0.4, -0.2) is 39.2 Å². The van der Waals surface area contributed by atoms with Gasteiger partial charge in [0.2, 0.25) is 0 Å². The number of nitrogens with one attached hydrogen (secondary N) is 1. The first-order chi connectivity index (χ1) is 18.7. The molecule has 1 aliphatic rings. The monoisotopic (exact) mass is 614 g/mol. The summed E-state index contributed by atoms with van der Waals surface area (Å²) >= 11 is 9.66. The van der Waals surface area contributed by atoms with E-state index in [1.54, 1.807) is 12.1 Å². The van der Waals surface area contributed by atoms with Gasteiger partial charge in [0.25, 0.3) is 11.8 Å². The van der Waals surface area contributed by atoms with Crippen LogP contribution in [0.4, 0.5) is 10.5 Å². The number of hydrogen-bond acceptors (Lipinski definition) is 7. The third-order valence-corrected chi connectivity index (χ3v) is 6.75. The normalized spacial score (nSPS) is 14.4. The summed E-state index contributed by atoms with van der Waals surface area (Å²) in [6, 6.07) is 13.1. The molecule has 4 amide bonds. The van der Waals surface area contributed by atoms with Crippen LogP contribution in [0.3, 0.4) is 0 Å². The number of urea groups is 1. The number of halogens is 2. The van der Waals surface area contributed by atoms with Crippen molar-refractivity contribution < 1.29 is 33.3 Å². The zero-order valence-electron chi connectivity index (χ0n) is 21.5. The Morgan fingerprint density at radius 3 is 2.23 bits per heavy atom. The van der Waals surface area contributed by atoms with Gasteiger partial charge in [0, 0.05) is 12.1 Å². The maximum absolute atomic E-state index is 13.5. The lowest BCUT2D eigenvalue weighted by molar-refractivity contribution is -0.122. The summed E-state index contributed by atoms with van der Waals surface area (Å²) in [5, 5.41) is 2.41. The van der Waals surface area contributed by atoms with E-state index in [4.69, 9.17) is 30.5 Å². The minimum atomic E-state index is -0.941. The summed E-state index contributed by atoms with van der Waals surface area (Å²) in [5.41, 5.74) is 2.34. The quantitative estimate of drug-likeness (QED) is 0.257. The van der Waals surface area contributed by atoms with E-state index in [0.29, 0.717) is 28.1 Å². The van der Waals surface area contributed by atoms with Crippen molar-refractivity contribution >= 4 is 57.1 Å². The van der Waals surface area contributed by atoms with Gasteiger partial charge >= 0.3 is 6.03 Å². The Bertz CT molecular complexity index is 1490. The molecule has 202 valence electrons. The number of rotatable bonds is 8. The van der Waals surface area contributed by atoms with Crippen LogP contribution >= 0.6 is 27.5 Å². The first kappa shape index (κ1) is 28.0. The lowest BCUT2D eigenvalue weighted by atomic mass is 10.1. The molecule has 1 aliphatic heterocycles. The van der Waals surface area contributed by atoms with Gasteiger partial charge in [0.05, 0.1) is 36.5 Å². The van der Waals surface area contributed by atoms with Gasteiger partial charge in [-0.1, -0.05) is 41.4 Å². The summed E-state index contributed by atoms with van der Waals surface area (Å²) in [6.45, 7) is 2.31. The fourth-order valence-corrected chi connectivity index (χ4v) is 4.67. The minimum absolute atomic E-state index is 0.0539. The summed E-state index contributed by atoms with van der Waals surface area (Å²) in [7, 11) is 4.24. The van der Waals surface area contributed by atoms with Crippen molar-refractivity contribution in [1.82, 2.24) is 5.32 Å². The molecular weight excluding hydrogens is 592 g/mol. The van der Waals surface area contributed by atoms with Gasteiger partial charge in [-0.15, -0.1) is 0 Å². The number of carbonyl (C=O) groups excluding carboxylic acids is 3. The van der Waals surface area contributed by atoms with Gasteiger partial charge in [0.1, 0.15) is 23.7 Å². The smallest absolute Gasteiger partial charge is 0.336 e. The van der Waals surface area contributed by atoms with Crippen molar-refractivity contribution in [2.45, 2.75) is 13.5 Å². The molecule has 1 saturated heterocycles. The molecule has 11 heteroatoms. The summed E-state index contributed by atoms with van der Waals surface area (Å²) in [5.74, 6) is -0.529. The van der Waals surface area contributed by atoms with Gasteiger partial charge in [-0.3, -0.25) is 14.9 Å². The van der Waals surface area contributed by atoms with Crippen LogP contribution in [0.15, 0.2) is 58.6 Å². The highest BCUT2D eigenvalue weighted by Crippen LogP contribution is 2.40. The summed E-state index contributed by atoms with van der Waals surface area (Å²) in [6.07, 6.45) is 1.35. The highest BCUT2D eigenvalue weighted by molar-refractivity contribution is 9.10. The molecule has 0 aromatic heterocycles. The van der Waals surface area contributed by atoms with Crippen molar-refractivity contribution in [2.24, 2.45) is 0 Å². The van der Waals surface area contributed by atoms with E-state index in [9.17, 15) is 14.4 Å². The molecular formula is C28H24BrClN2O7. The number of hydrogen-bond donors (Lipinski definition) is 1. The van der Waals surface area contributed by atoms with Crippen LogP contribution in [-0.2, 0) is 16.2 Å². The minimum Gasteiger partial charge on any atom is -0.495 e. The molecule has 0 bridgehead atoms. The predicted octanol–water partition coefficient (Wildman–Crippen LogP) is 5.68. The zero-order chi connectivity index (χ0) is 28.3. The standard InChI is InChI=1S/C28H24BrClN2O7/c1-15-5-7-16(8-6-15)14-39-25-19(29)10-17(11-24(25)38-4)9-18-26(33)31-28(35)32(27(18)34)21-13-22(36-2)20(30)12-23(21)37-3/h5-13H,14H2,1-4H3,(H,31,33,35)/b18-9+. The number of barbiturate groups is 1. The van der Waals surface area contributed by atoms with Gasteiger partial charge in [-0.2, -0.15) is 0 Å². The highest BCUT2D eigenvalue weighted by Gasteiger charge is 2.38. The van der Waals surface area contributed by atoms with E-state index >= 15 is 0 Å². The lowest BCUT2D eigenvalue weighted by Crippen LogP contribution is -2.54. The van der Waals surface area contributed by atoms with Crippen molar-refractivity contribution in [1.29, 1.82) is 0 Å². The van der Waals surface area contributed by atoms with E-state index in [0.717, 1.165) is 16.0 Å². The molecule has 3 aromatic rings. The molecule has 9 nitrogen and oxygen atoms in total. The van der Waals surface area contributed by atoms with E-state index in [2.05, 4.69) is 21.2 Å². The molecule has 1 heterocycles. The number of methoxy groups -OCH3 is 3. The Hall–Kier alpha value is -4.02. The van der Waals surface area contributed by atoms with Crippen LogP contribution in [0.5, 0.6) is 23.0 Å². The number of amides is 4. The largest absolute Gasteiger partial charge is 0.495 e. The number of aryl methyl sites for hydroxylation is 1. The average molecular weight is 616 g/mol. The van der Waals surface area contributed by atoms with Crippen LogP contribution in [0.1, 0.15) is 16.7 Å². The molecule has 0 atom stereocenters. The van der Waals surface area contributed by atoms with Gasteiger partial charge in [-0.05, 0) is 52.2 Å². The van der Waals surface area contributed by atoms with Gasteiger partial charge in [-0.25, -0.2) is 9.69 Å². The summed E-state index contributed by atoms with van der Waals surface area (Å²) in [4.78, 5) is 39.7.